The molecular weight excluding hydrogens is 210 g/mol. The number of carbonyl (C=O) groups is 1. The van der Waals surface area contributed by atoms with Crippen LogP contribution in [0.15, 0.2) is 18.5 Å². The number of hydrogen-bond acceptors (Lipinski definition) is 2. The van der Waals surface area contributed by atoms with E-state index in [-0.39, 0.29) is 0 Å². The molecule has 0 N–H and O–H groups in total. The minimum absolute atomic E-state index is 0.299. The first-order chi connectivity index (χ1) is 8.24. The zero-order valence-electron chi connectivity index (χ0n) is 10.4. The first-order valence-electron chi connectivity index (χ1n) is 6.68. The number of fused-ring (bicyclic) bond motifs is 2. The summed E-state index contributed by atoms with van der Waals surface area (Å²) in [7, 11) is 0. The molecule has 2 fully saturated rings. The minimum atomic E-state index is 0.299. The van der Waals surface area contributed by atoms with Crippen LogP contribution in [0.4, 0.5) is 0 Å². The van der Waals surface area contributed by atoms with Crippen LogP contribution in [0.2, 0.25) is 0 Å². The van der Waals surface area contributed by atoms with Crippen LogP contribution in [0.1, 0.15) is 48.0 Å². The van der Waals surface area contributed by atoms with Crippen molar-refractivity contribution in [3.63, 3.8) is 0 Å². The highest BCUT2D eigenvalue weighted by Crippen LogP contribution is 2.49. The van der Waals surface area contributed by atoms with Gasteiger partial charge in [0.05, 0.1) is 0 Å². The van der Waals surface area contributed by atoms with E-state index < -0.39 is 0 Å². The molecule has 0 aliphatic heterocycles. The summed E-state index contributed by atoms with van der Waals surface area (Å²) >= 11 is 0. The second kappa shape index (κ2) is 4.25. The van der Waals surface area contributed by atoms with E-state index in [0.29, 0.717) is 11.7 Å². The van der Waals surface area contributed by atoms with Gasteiger partial charge >= 0.3 is 0 Å². The highest BCUT2D eigenvalue weighted by atomic mass is 16.1. The number of nitrogens with zero attached hydrogens (tertiary/aromatic N) is 1. The second-order valence-corrected chi connectivity index (χ2v) is 5.75. The Morgan fingerprint density at radius 1 is 1.41 bits per heavy atom. The Morgan fingerprint density at radius 2 is 2.29 bits per heavy atom. The molecule has 3 atom stereocenters. The summed E-state index contributed by atoms with van der Waals surface area (Å²) in [5, 5.41) is 0. The van der Waals surface area contributed by atoms with Crippen LogP contribution in [-0.2, 0) is 0 Å². The van der Waals surface area contributed by atoms with E-state index in [2.05, 4.69) is 4.98 Å². The van der Waals surface area contributed by atoms with Gasteiger partial charge in [-0.2, -0.15) is 0 Å². The summed E-state index contributed by atoms with van der Waals surface area (Å²) in [6.07, 6.45) is 9.65. The van der Waals surface area contributed by atoms with Gasteiger partial charge in [0.25, 0.3) is 0 Å². The highest BCUT2D eigenvalue weighted by Gasteiger charge is 2.40. The number of aryl methyl sites for hydroxylation is 1. The molecule has 3 unspecified atom stereocenters. The van der Waals surface area contributed by atoms with Crippen molar-refractivity contribution in [3.05, 3.63) is 29.6 Å². The van der Waals surface area contributed by atoms with Crippen molar-refractivity contribution < 1.29 is 4.79 Å². The fourth-order valence-electron chi connectivity index (χ4n) is 3.73. The van der Waals surface area contributed by atoms with E-state index in [1.807, 2.05) is 13.0 Å². The molecule has 0 spiro atoms. The van der Waals surface area contributed by atoms with Crippen LogP contribution in [0.3, 0.4) is 0 Å². The molecule has 2 heteroatoms. The molecule has 2 nitrogen and oxygen atoms in total. The van der Waals surface area contributed by atoms with Gasteiger partial charge in [-0.05, 0) is 55.6 Å². The lowest BCUT2D eigenvalue weighted by Crippen LogP contribution is -2.16. The van der Waals surface area contributed by atoms with Crippen molar-refractivity contribution in [2.45, 2.75) is 39.0 Å². The Labute approximate surface area is 102 Å². The third-order valence-electron chi connectivity index (χ3n) is 4.67. The number of carbonyl (C=O) groups excluding carboxylic acids is 1. The standard InChI is InChI=1S/C15H19NO/c1-10-4-5-16-9-14(10)15(17)8-13-7-11-2-3-12(13)6-11/h4-5,9,11-13H,2-3,6-8H2,1H3. The smallest absolute Gasteiger partial charge is 0.164 e. The number of ketones is 1. The van der Waals surface area contributed by atoms with E-state index in [0.717, 1.165) is 29.4 Å². The highest BCUT2D eigenvalue weighted by molar-refractivity contribution is 5.97. The van der Waals surface area contributed by atoms with Gasteiger partial charge in [-0.15, -0.1) is 0 Å². The van der Waals surface area contributed by atoms with Crippen molar-refractivity contribution in [2.75, 3.05) is 0 Å². The van der Waals surface area contributed by atoms with Crippen LogP contribution in [0.25, 0.3) is 0 Å². The van der Waals surface area contributed by atoms with E-state index in [4.69, 9.17) is 0 Å². The monoisotopic (exact) mass is 229 g/mol. The maximum atomic E-state index is 12.3. The molecule has 2 aliphatic rings. The molecule has 2 bridgehead atoms. The van der Waals surface area contributed by atoms with Gasteiger partial charge in [-0.3, -0.25) is 9.78 Å². The maximum Gasteiger partial charge on any atom is 0.164 e. The lowest BCUT2D eigenvalue weighted by atomic mass is 9.84. The van der Waals surface area contributed by atoms with Crippen LogP contribution in [-0.4, -0.2) is 10.8 Å². The first kappa shape index (κ1) is 10.9. The Kier molecular flexibility index (Phi) is 2.73. The van der Waals surface area contributed by atoms with E-state index >= 15 is 0 Å². The zero-order chi connectivity index (χ0) is 11.8. The quantitative estimate of drug-likeness (QED) is 0.743. The van der Waals surface area contributed by atoms with E-state index in [1.54, 1.807) is 12.4 Å². The molecule has 3 rings (SSSR count). The van der Waals surface area contributed by atoms with E-state index in [1.165, 1.54) is 25.7 Å². The third-order valence-corrected chi connectivity index (χ3v) is 4.67. The normalized spacial score (nSPS) is 30.8. The molecule has 1 aromatic rings. The maximum absolute atomic E-state index is 12.3. The van der Waals surface area contributed by atoms with E-state index in [9.17, 15) is 4.79 Å². The minimum Gasteiger partial charge on any atom is -0.294 e. The van der Waals surface area contributed by atoms with Gasteiger partial charge < -0.3 is 0 Å². The molecule has 1 aromatic heterocycles. The number of hydrogen-bond donors (Lipinski definition) is 0. The fraction of sp³-hybridized carbons (Fsp3) is 0.600. The molecule has 2 aliphatic carbocycles. The lowest BCUT2D eigenvalue weighted by Gasteiger charge is -2.20. The van der Waals surface area contributed by atoms with Gasteiger partial charge in [0.15, 0.2) is 5.78 Å². The molecule has 90 valence electrons. The average molecular weight is 229 g/mol. The first-order valence-corrected chi connectivity index (χ1v) is 6.68. The third kappa shape index (κ3) is 2.01. The van der Waals surface area contributed by atoms with Crippen molar-refractivity contribution in [3.8, 4) is 0 Å². The van der Waals surface area contributed by atoms with Gasteiger partial charge in [-0.25, -0.2) is 0 Å². The molecule has 17 heavy (non-hydrogen) atoms. The number of aromatic nitrogens is 1. The summed E-state index contributed by atoms with van der Waals surface area (Å²) in [4.78, 5) is 16.3. The molecule has 2 saturated carbocycles. The SMILES string of the molecule is Cc1ccncc1C(=O)CC1CC2CCC1C2. The van der Waals surface area contributed by atoms with Crippen LogP contribution < -0.4 is 0 Å². The zero-order valence-corrected chi connectivity index (χ0v) is 10.4. The Morgan fingerprint density at radius 3 is 2.94 bits per heavy atom. The summed E-state index contributed by atoms with van der Waals surface area (Å²) in [6.45, 7) is 2.00. The Balaban J connectivity index is 1.70. The summed E-state index contributed by atoms with van der Waals surface area (Å²) in [6, 6.07) is 1.92. The van der Waals surface area contributed by atoms with Crippen LogP contribution in [0, 0.1) is 24.7 Å². The second-order valence-electron chi connectivity index (χ2n) is 5.75. The van der Waals surface area contributed by atoms with Crippen molar-refractivity contribution >= 4 is 5.78 Å². The van der Waals surface area contributed by atoms with Gasteiger partial charge in [0.1, 0.15) is 0 Å². The summed E-state index contributed by atoms with van der Waals surface area (Å²) in [5.41, 5.74) is 1.89. The van der Waals surface area contributed by atoms with Crippen molar-refractivity contribution in [1.29, 1.82) is 0 Å². The predicted molar refractivity (Wildman–Crippen MR) is 66.9 cm³/mol. The predicted octanol–water partition coefficient (Wildman–Crippen LogP) is 3.40. The molecule has 0 saturated heterocycles. The van der Waals surface area contributed by atoms with Crippen LogP contribution >= 0.6 is 0 Å². The summed E-state index contributed by atoms with van der Waals surface area (Å²) < 4.78 is 0. The lowest BCUT2D eigenvalue weighted by molar-refractivity contribution is 0.0943. The van der Waals surface area contributed by atoms with Crippen LogP contribution in [0.5, 0.6) is 0 Å². The Bertz CT molecular complexity index is 440. The molecule has 0 aromatic carbocycles. The Hall–Kier alpha value is -1.18. The van der Waals surface area contributed by atoms with Gasteiger partial charge in [0, 0.05) is 24.4 Å². The number of pyridine rings is 1. The molecular formula is C15H19NO. The molecule has 0 amide bonds. The van der Waals surface area contributed by atoms with Crippen molar-refractivity contribution in [1.82, 2.24) is 4.98 Å². The topological polar surface area (TPSA) is 30.0 Å². The van der Waals surface area contributed by atoms with Gasteiger partial charge in [0.2, 0.25) is 0 Å². The summed E-state index contributed by atoms with van der Waals surface area (Å²) in [5.74, 6) is 2.71. The van der Waals surface area contributed by atoms with Gasteiger partial charge in [-0.1, -0.05) is 6.42 Å². The molecule has 1 heterocycles. The fourth-order valence-corrected chi connectivity index (χ4v) is 3.73. The average Bonchev–Trinajstić information content (AvgIpc) is 2.91. The molecule has 0 radical (unpaired) electrons. The largest absolute Gasteiger partial charge is 0.294 e. The number of rotatable bonds is 3. The van der Waals surface area contributed by atoms with Crippen molar-refractivity contribution in [2.24, 2.45) is 17.8 Å². The number of Topliss-reactive ketones (excluding diaryl/α,β-unsaturated/α-hetero) is 1.